The molecule has 0 saturated heterocycles. The number of halogens is 1. The zero-order chi connectivity index (χ0) is 14.1. The summed E-state index contributed by atoms with van der Waals surface area (Å²) >= 11 is 5.83. The maximum Gasteiger partial charge on any atom is 0.261 e. The summed E-state index contributed by atoms with van der Waals surface area (Å²) in [5.41, 5.74) is 0.981. The Morgan fingerprint density at radius 1 is 1.40 bits per heavy atom. The van der Waals surface area contributed by atoms with Crippen LogP contribution in [0.5, 0.6) is 5.75 Å². The van der Waals surface area contributed by atoms with Gasteiger partial charge in [-0.3, -0.25) is 4.79 Å². The molecule has 0 spiro atoms. The van der Waals surface area contributed by atoms with E-state index in [4.69, 9.17) is 11.6 Å². The number of anilines is 1. The van der Waals surface area contributed by atoms with Crippen molar-refractivity contribution in [3.8, 4) is 5.75 Å². The van der Waals surface area contributed by atoms with E-state index in [1.54, 1.807) is 18.5 Å². The Bertz CT molecular complexity index is 800. The Morgan fingerprint density at radius 2 is 2.25 bits per heavy atom. The molecular weight excluding hydrogens is 280 g/mol. The molecule has 0 aliphatic rings. The van der Waals surface area contributed by atoms with Crippen molar-refractivity contribution >= 4 is 28.8 Å². The summed E-state index contributed by atoms with van der Waals surface area (Å²) in [6, 6.07) is 6.12. The zero-order valence-corrected chi connectivity index (χ0v) is 10.9. The minimum Gasteiger partial charge on any atom is -0.506 e. The summed E-state index contributed by atoms with van der Waals surface area (Å²) in [6.45, 7) is 0. The number of carbonyl (C=O) groups is 1. The van der Waals surface area contributed by atoms with E-state index in [2.05, 4.69) is 15.4 Å². The van der Waals surface area contributed by atoms with Crippen molar-refractivity contribution < 1.29 is 9.90 Å². The Kier molecular flexibility index (Phi) is 3.00. The van der Waals surface area contributed by atoms with Crippen molar-refractivity contribution in [1.29, 1.82) is 0 Å². The van der Waals surface area contributed by atoms with E-state index in [0.29, 0.717) is 16.2 Å². The fourth-order valence-corrected chi connectivity index (χ4v) is 1.96. The minimum atomic E-state index is -0.420. The maximum absolute atomic E-state index is 12.2. The normalized spacial score (nSPS) is 10.7. The molecule has 0 aliphatic carbocycles. The van der Waals surface area contributed by atoms with Crippen LogP contribution >= 0.6 is 11.6 Å². The molecule has 0 unspecified atom stereocenters. The number of hydrogen-bond donors (Lipinski definition) is 2. The van der Waals surface area contributed by atoms with E-state index in [0.717, 1.165) is 0 Å². The van der Waals surface area contributed by atoms with Gasteiger partial charge >= 0.3 is 0 Å². The first-order valence-corrected chi connectivity index (χ1v) is 6.11. The van der Waals surface area contributed by atoms with Gasteiger partial charge in [-0.25, -0.2) is 9.50 Å². The fraction of sp³-hybridized carbons (Fsp3) is 0. The molecule has 2 N–H and O–H groups in total. The summed E-state index contributed by atoms with van der Waals surface area (Å²) in [7, 11) is 0. The highest BCUT2D eigenvalue weighted by Gasteiger charge is 2.15. The van der Waals surface area contributed by atoms with Gasteiger partial charge in [0.25, 0.3) is 5.91 Å². The monoisotopic (exact) mass is 288 g/mol. The number of rotatable bonds is 2. The van der Waals surface area contributed by atoms with Crippen LogP contribution in [-0.2, 0) is 0 Å². The van der Waals surface area contributed by atoms with Crippen LogP contribution in [0.2, 0.25) is 5.02 Å². The third kappa shape index (κ3) is 2.17. The third-order valence-corrected chi connectivity index (χ3v) is 2.97. The largest absolute Gasteiger partial charge is 0.506 e. The number of amides is 1. The van der Waals surface area contributed by atoms with E-state index < -0.39 is 5.91 Å². The van der Waals surface area contributed by atoms with Gasteiger partial charge in [-0.15, -0.1) is 0 Å². The maximum atomic E-state index is 12.2. The molecule has 0 saturated carbocycles. The number of carbonyl (C=O) groups excluding carboxylic acids is 1. The Balaban J connectivity index is 1.95. The fourth-order valence-electron chi connectivity index (χ4n) is 1.79. The van der Waals surface area contributed by atoms with Gasteiger partial charge in [0.2, 0.25) is 0 Å². The number of aromatic nitrogens is 3. The molecule has 3 rings (SSSR count). The predicted octanol–water partition coefficient (Wildman–Crippen LogP) is 2.34. The lowest BCUT2D eigenvalue weighted by Crippen LogP contribution is -2.12. The summed E-state index contributed by atoms with van der Waals surface area (Å²) in [6.07, 6.45) is 4.68. The number of phenolic OH excluding ortho intramolecular Hbond substituents is 1. The topological polar surface area (TPSA) is 79.5 Å². The number of benzene rings is 1. The molecule has 20 heavy (non-hydrogen) atoms. The van der Waals surface area contributed by atoms with Gasteiger partial charge in [-0.2, -0.15) is 5.10 Å². The SMILES string of the molecule is O=C(Nc1cc(Cl)ccc1O)c1cnn2cccnc12. The molecule has 0 radical (unpaired) electrons. The summed E-state index contributed by atoms with van der Waals surface area (Å²) in [5.74, 6) is -0.483. The molecule has 2 aromatic heterocycles. The first-order chi connectivity index (χ1) is 9.65. The Hall–Kier alpha value is -2.60. The van der Waals surface area contributed by atoms with Crippen LogP contribution in [0.15, 0.2) is 42.9 Å². The lowest BCUT2D eigenvalue weighted by Gasteiger charge is -2.06. The average molecular weight is 289 g/mol. The first kappa shape index (κ1) is 12.4. The number of hydrogen-bond acceptors (Lipinski definition) is 4. The first-order valence-electron chi connectivity index (χ1n) is 5.73. The number of nitrogens with one attached hydrogen (secondary N) is 1. The molecule has 2 heterocycles. The lowest BCUT2D eigenvalue weighted by atomic mass is 10.2. The molecule has 0 aliphatic heterocycles. The summed E-state index contributed by atoms with van der Waals surface area (Å²) < 4.78 is 1.49. The molecule has 100 valence electrons. The zero-order valence-electron chi connectivity index (χ0n) is 10.1. The van der Waals surface area contributed by atoms with E-state index in [1.807, 2.05) is 0 Å². The molecule has 0 bridgehead atoms. The van der Waals surface area contributed by atoms with Crippen molar-refractivity contribution in [2.24, 2.45) is 0 Å². The van der Waals surface area contributed by atoms with Gasteiger partial charge in [-0.05, 0) is 24.3 Å². The van der Waals surface area contributed by atoms with Crippen molar-refractivity contribution in [3.63, 3.8) is 0 Å². The minimum absolute atomic E-state index is 0.0628. The molecular formula is C13H9ClN4O2. The quantitative estimate of drug-likeness (QED) is 0.709. The van der Waals surface area contributed by atoms with Gasteiger partial charge in [-0.1, -0.05) is 11.6 Å². The second-order valence-corrected chi connectivity index (χ2v) is 4.50. The van der Waals surface area contributed by atoms with Gasteiger partial charge in [0.1, 0.15) is 11.3 Å². The number of nitrogens with zero attached hydrogens (tertiary/aromatic N) is 3. The van der Waals surface area contributed by atoms with Crippen LogP contribution in [0.3, 0.4) is 0 Å². The van der Waals surface area contributed by atoms with Crippen molar-refractivity contribution in [2.45, 2.75) is 0 Å². The molecule has 7 heteroatoms. The van der Waals surface area contributed by atoms with E-state index in [-0.39, 0.29) is 11.4 Å². The van der Waals surface area contributed by atoms with Gasteiger partial charge in [0, 0.05) is 17.4 Å². The second-order valence-electron chi connectivity index (χ2n) is 4.06. The van der Waals surface area contributed by atoms with E-state index >= 15 is 0 Å². The van der Waals surface area contributed by atoms with Crippen LogP contribution in [0.1, 0.15) is 10.4 Å². The van der Waals surface area contributed by atoms with E-state index in [1.165, 1.54) is 28.9 Å². The van der Waals surface area contributed by atoms with Gasteiger partial charge in [0.05, 0.1) is 11.9 Å². The third-order valence-electron chi connectivity index (χ3n) is 2.73. The summed E-state index contributed by atoms with van der Waals surface area (Å²) in [4.78, 5) is 16.3. The van der Waals surface area contributed by atoms with Crippen molar-refractivity contribution in [3.05, 3.63) is 53.4 Å². The highest BCUT2D eigenvalue weighted by atomic mass is 35.5. The summed E-state index contributed by atoms with van der Waals surface area (Å²) in [5, 5.41) is 16.7. The van der Waals surface area contributed by atoms with Gasteiger partial charge in [0.15, 0.2) is 5.65 Å². The predicted molar refractivity (Wildman–Crippen MR) is 74.1 cm³/mol. The van der Waals surface area contributed by atoms with Crippen LogP contribution in [-0.4, -0.2) is 25.6 Å². The molecule has 0 atom stereocenters. The second kappa shape index (κ2) is 4.82. The van der Waals surface area contributed by atoms with Crippen LogP contribution in [0, 0.1) is 0 Å². The molecule has 1 amide bonds. The van der Waals surface area contributed by atoms with Crippen molar-refractivity contribution in [1.82, 2.24) is 14.6 Å². The highest BCUT2D eigenvalue weighted by molar-refractivity contribution is 6.31. The average Bonchev–Trinajstić information content (AvgIpc) is 2.87. The van der Waals surface area contributed by atoms with E-state index in [9.17, 15) is 9.90 Å². The number of phenols is 1. The number of aromatic hydroxyl groups is 1. The smallest absolute Gasteiger partial charge is 0.261 e. The Labute approximate surface area is 118 Å². The lowest BCUT2D eigenvalue weighted by molar-refractivity contribution is 0.102. The van der Waals surface area contributed by atoms with Crippen LogP contribution in [0.25, 0.3) is 5.65 Å². The number of fused-ring (bicyclic) bond motifs is 1. The Morgan fingerprint density at radius 3 is 3.10 bits per heavy atom. The standard InChI is InChI=1S/C13H9ClN4O2/c14-8-2-3-11(19)10(6-8)17-13(20)9-7-16-18-5-1-4-15-12(9)18/h1-7,19H,(H,17,20). The van der Waals surface area contributed by atoms with Crippen LogP contribution < -0.4 is 5.32 Å². The highest BCUT2D eigenvalue weighted by Crippen LogP contribution is 2.27. The molecule has 6 nitrogen and oxygen atoms in total. The molecule has 0 fully saturated rings. The molecule has 3 aromatic rings. The molecule has 1 aromatic carbocycles. The van der Waals surface area contributed by atoms with Gasteiger partial charge < -0.3 is 10.4 Å². The van der Waals surface area contributed by atoms with Crippen molar-refractivity contribution in [2.75, 3.05) is 5.32 Å². The van der Waals surface area contributed by atoms with Crippen LogP contribution in [0.4, 0.5) is 5.69 Å².